The van der Waals surface area contributed by atoms with Crippen molar-refractivity contribution in [1.29, 1.82) is 0 Å². The molecule has 1 aromatic carbocycles. The number of nitrogen functional groups attached to an aromatic ring is 1. The summed E-state index contributed by atoms with van der Waals surface area (Å²) in [5.74, 6) is -2.32. The Hall–Kier alpha value is -2.41. The molecule has 7 nitrogen and oxygen atoms in total. The molecule has 0 spiro atoms. The number of aliphatic hydroxyl groups is 1. The number of benzene rings is 1. The van der Waals surface area contributed by atoms with E-state index in [9.17, 15) is 14.4 Å². The molecule has 1 unspecified atom stereocenters. The van der Waals surface area contributed by atoms with Gasteiger partial charge in [0.2, 0.25) is 0 Å². The number of amides is 3. The molecule has 4 N–H and O–H groups in total. The summed E-state index contributed by atoms with van der Waals surface area (Å²) < 4.78 is 0. The van der Waals surface area contributed by atoms with E-state index in [4.69, 9.17) is 10.8 Å². The van der Waals surface area contributed by atoms with Gasteiger partial charge in [-0.3, -0.25) is 19.7 Å². The lowest BCUT2D eigenvalue weighted by Gasteiger charge is -2.34. The van der Waals surface area contributed by atoms with Crippen LogP contribution in [0.3, 0.4) is 0 Å². The average Bonchev–Trinajstić information content (AvgIpc) is 2.55. The van der Waals surface area contributed by atoms with E-state index >= 15 is 0 Å². The first-order chi connectivity index (χ1) is 11.0. The van der Waals surface area contributed by atoms with E-state index in [1.165, 1.54) is 17.0 Å². The van der Waals surface area contributed by atoms with E-state index < -0.39 is 17.7 Å². The molecule has 1 fully saturated rings. The van der Waals surface area contributed by atoms with Crippen molar-refractivity contribution in [3.63, 3.8) is 0 Å². The van der Waals surface area contributed by atoms with E-state index in [-0.39, 0.29) is 18.2 Å². The number of nitrogens with zero attached hydrogens (tertiary/aromatic N) is 1. The molecule has 1 atom stereocenters. The highest BCUT2D eigenvalue weighted by molar-refractivity contribution is 6.38. The molecule has 1 aromatic rings. The van der Waals surface area contributed by atoms with Crippen LogP contribution in [0, 0.1) is 0 Å². The van der Waals surface area contributed by atoms with Crippen LogP contribution in [0.2, 0.25) is 0 Å². The summed E-state index contributed by atoms with van der Waals surface area (Å²) in [5, 5.41) is 11.2. The third kappa shape index (κ3) is 4.29. The van der Waals surface area contributed by atoms with E-state index in [1.54, 1.807) is 12.1 Å². The summed E-state index contributed by atoms with van der Waals surface area (Å²) in [5.41, 5.74) is 6.30. The van der Waals surface area contributed by atoms with E-state index in [0.717, 1.165) is 19.3 Å². The Bertz CT molecular complexity index is 583. The normalized spacial score (nSPS) is 17.6. The summed E-state index contributed by atoms with van der Waals surface area (Å²) in [4.78, 5) is 37.7. The van der Waals surface area contributed by atoms with Gasteiger partial charge in [0.05, 0.1) is 0 Å². The third-order valence-corrected chi connectivity index (χ3v) is 3.94. The molecule has 7 heteroatoms. The van der Waals surface area contributed by atoms with Gasteiger partial charge in [-0.15, -0.1) is 0 Å². The van der Waals surface area contributed by atoms with Crippen molar-refractivity contribution in [3.8, 4) is 0 Å². The van der Waals surface area contributed by atoms with Gasteiger partial charge in [-0.05, 0) is 49.9 Å². The Labute approximate surface area is 134 Å². The number of carbonyl (C=O) groups is 3. The molecule has 1 aliphatic heterocycles. The molecule has 0 bridgehead atoms. The Morgan fingerprint density at radius 3 is 2.57 bits per heavy atom. The summed E-state index contributed by atoms with van der Waals surface area (Å²) in [6, 6.07) is 5.90. The molecule has 0 aliphatic carbocycles. The first-order valence-electron chi connectivity index (χ1n) is 7.65. The van der Waals surface area contributed by atoms with Crippen molar-refractivity contribution in [2.24, 2.45) is 0 Å². The molecule has 1 saturated heterocycles. The molecule has 124 valence electrons. The van der Waals surface area contributed by atoms with Crippen LogP contribution in [0.4, 0.5) is 5.69 Å². The number of aliphatic hydroxyl groups excluding tert-OH is 1. The quantitative estimate of drug-likeness (QED) is 0.547. The number of imide groups is 1. The molecule has 0 radical (unpaired) electrons. The van der Waals surface area contributed by atoms with Gasteiger partial charge in [0, 0.05) is 30.4 Å². The second kappa shape index (κ2) is 7.73. The maximum Gasteiger partial charge on any atom is 0.316 e. The lowest BCUT2D eigenvalue weighted by molar-refractivity contribution is -0.148. The standard InChI is InChI=1S/C16H21N3O4/c17-12-6-4-11(5-7-12)14(21)18-15(22)16(23)19-9-2-1-3-13(19)8-10-20/h4-7,13,20H,1-3,8-10,17H2,(H,18,21,22). The van der Waals surface area contributed by atoms with Crippen LogP contribution >= 0.6 is 0 Å². The largest absolute Gasteiger partial charge is 0.399 e. The van der Waals surface area contributed by atoms with Crippen molar-refractivity contribution in [2.45, 2.75) is 31.7 Å². The molecule has 2 rings (SSSR count). The van der Waals surface area contributed by atoms with Gasteiger partial charge in [0.15, 0.2) is 0 Å². The molecule has 3 amide bonds. The van der Waals surface area contributed by atoms with Crippen LogP contribution in [0.15, 0.2) is 24.3 Å². The number of nitrogens with one attached hydrogen (secondary N) is 1. The van der Waals surface area contributed by atoms with Gasteiger partial charge in [0.25, 0.3) is 5.91 Å². The minimum atomic E-state index is -0.948. The number of likely N-dealkylation sites (tertiary alicyclic amines) is 1. The van der Waals surface area contributed by atoms with Crippen LogP contribution in [-0.2, 0) is 9.59 Å². The number of anilines is 1. The van der Waals surface area contributed by atoms with Crippen LogP contribution < -0.4 is 11.1 Å². The first-order valence-corrected chi connectivity index (χ1v) is 7.65. The smallest absolute Gasteiger partial charge is 0.316 e. The van der Waals surface area contributed by atoms with Gasteiger partial charge in [-0.25, -0.2) is 0 Å². The fourth-order valence-corrected chi connectivity index (χ4v) is 2.71. The van der Waals surface area contributed by atoms with Crippen LogP contribution in [0.5, 0.6) is 0 Å². The zero-order valence-corrected chi connectivity index (χ0v) is 12.8. The van der Waals surface area contributed by atoms with Gasteiger partial charge >= 0.3 is 11.8 Å². The average molecular weight is 319 g/mol. The topological polar surface area (TPSA) is 113 Å². The molecular formula is C16H21N3O4. The van der Waals surface area contributed by atoms with Crippen molar-refractivity contribution in [1.82, 2.24) is 10.2 Å². The number of rotatable bonds is 3. The van der Waals surface area contributed by atoms with Crippen molar-refractivity contribution in [2.75, 3.05) is 18.9 Å². The lowest BCUT2D eigenvalue weighted by Crippen LogP contribution is -2.51. The Balaban J connectivity index is 1.99. The van der Waals surface area contributed by atoms with Crippen LogP contribution in [0.1, 0.15) is 36.0 Å². The lowest BCUT2D eigenvalue weighted by atomic mass is 9.99. The molecule has 1 aliphatic rings. The first kappa shape index (κ1) is 17.0. The molecule has 1 heterocycles. The third-order valence-electron chi connectivity index (χ3n) is 3.94. The second-order valence-corrected chi connectivity index (χ2v) is 5.57. The van der Waals surface area contributed by atoms with Crippen LogP contribution in [0.25, 0.3) is 0 Å². The molecule has 0 saturated carbocycles. The van der Waals surface area contributed by atoms with Gasteiger partial charge in [0.1, 0.15) is 0 Å². The van der Waals surface area contributed by atoms with Gasteiger partial charge in [-0.1, -0.05) is 0 Å². The number of hydrogen-bond donors (Lipinski definition) is 3. The monoisotopic (exact) mass is 319 g/mol. The zero-order valence-electron chi connectivity index (χ0n) is 12.8. The molecular weight excluding hydrogens is 298 g/mol. The highest BCUT2D eigenvalue weighted by Gasteiger charge is 2.31. The fraction of sp³-hybridized carbons (Fsp3) is 0.438. The highest BCUT2D eigenvalue weighted by atomic mass is 16.3. The number of nitrogens with two attached hydrogens (primary N) is 1. The summed E-state index contributed by atoms with van der Waals surface area (Å²) in [6.07, 6.45) is 2.96. The summed E-state index contributed by atoms with van der Waals surface area (Å²) in [7, 11) is 0. The molecule has 0 aromatic heterocycles. The summed E-state index contributed by atoms with van der Waals surface area (Å²) >= 11 is 0. The Morgan fingerprint density at radius 2 is 1.91 bits per heavy atom. The van der Waals surface area contributed by atoms with Gasteiger partial charge in [-0.2, -0.15) is 0 Å². The minimum Gasteiger partial charge on any atom is -0.399 e. The molecule has 23 heavy (non-hydrogen) atoms. The minimum absolute atomic E-state index is 0.0412. The maximum absolute atomic E-state index is 12.3. The van der Waals surface area contributed by atoms with E-state index in [2.05, 4.69) is 5.32 Å². The predicted octanol–water partition coefficient (Wildman–Crippen LogP) is 0.289. The van der Waals surface area contributed by atoms with E-state index in [1.807, 2.05) is 0 Å². The second-order valence-electron chi connectivity index (χ2n) is 5.57. The SMILES string of the molecule is Nc1ccc(C(=O)NC(=O)C(=O)N2CCCCC2CCO)cc1. The van der Waals surface area contributed by atoms with Crippen LogP contribution in [-0.4, -0.2) is 46.9 Å². The number of piperidine rings is 1. The maximum atomic E-state index is 12.3. The van der Waals surface area contributed by atoms with E-state index in [0.29, 0.717) is 18.7 Å². The highest BCUT2D eigenvalue weighted by Crippen LogP contribution is 2.19. The Morgan fingerprint density at radius 1 is 1.22 bits per heavy atom. The number of carbonyl (C=O) groups excluding carboxylic acids is 3. The summed E-state index contributed by atoms with van der Waals surface area (Å²) in [6.45, 7) is 0.424. The predicted molar refractivity (Wildman–Crippen MR) is 84.4 cm³/mol. The van der Waals surface area contributed by atoms with Crippen molar-refractivity contribution in [3.05, 3.63) is 29.8 Å². The Kier molecular flexibility index (Phi) is 5.70. The van der Waals surface area contributed by atoms with Crippen molar-refractivity contribution >= 4 is 23.4 Å². The number of hydrogen-bond acceptors (Lipinski definition) is 5. The fourth-order valence-electron chi connectivity index (χ4n) is 2.71. The van der Waals surface area contributed by atoms with Crippen molar-refractivity contribution < 1.29 is 19.5 Å². The zero-order chi connectivity index (χ0) is 16.8. The van der Waals surface area contributed by atoms with Gasteiger partial charge < -0.3 is 15.7 Å².